The number of carbonyl (C=O) groups excluding carboxylic acids is 1. The maximum absolute atomic E-state index is 12.9. The summed E-state index contributed by atoms with van der Waals surface area (Å²) in [5.74, 6) is -0.384. The molecule has 0 aliphatic carbocycles. The fourth-order valence-electron chi connectivity index (χ4n) is 2.56. The molecule has 0 bridgehead atoms. The van der Waals surface area contributed by atoms with Crippen molar-refractivity contribution >= 4 is 32.4 Å². The summed E-state index contributed by atoms with van der Waals surface area (Å²) in [6, 6.07) is 13.0. The van der Waals surface area contributed by atoms with Crippen molar-refractivity contribution in [3.05, 3.63) is 79.1 Å². The molecule has 0 fully saturated rings. The molecule has 0 atom stereocenters. The van der Waals surface area contributed by atoms with Crippen LogP contribution in [0, 0.1) is 0 Å². The van der Waals surface area contributed by atoms with Gasteiger partial charge in [-0.2, -0.15) is 0 Å². The Kier molecular flexibility index (Phi) is 4.99. The summed E-state index contributed by atoms with van der Waals surface area (Å²) in [6.45, 7) is 3.83. The van der Waals surface area contributed by atoms with Gasteiger partial charge in [-0.1, -0.05) is 30.3 Å². The lowest BCUT2D eigenvalue weighted by atomic mass is 10.1. The number of nitrogens with zero attached hydrogens (tertiary/aromatic N) is 1. The van der Waals surface area contributed by atoms with E-state index < -0.39 is 10.0 Å². The van der Waals surface area contributed by atoms with Gasteiger partial charge < -0.3 is 5.32 Å². The van der Waals surface area contributed by atoms with E-state index in [0.29, 0.717) is 10.8 Å². The molecule has 0 saturated carbocycles. The molecule has 7 heteroatoms. The van der Waals surface area contributed by atoms with E-state index >= 15 is 0 Å². The second-order valence-electron chi connectivity index (χ2n) is 5.50. The standard InChI is InChI=1S/C19H17N3O3S/c1-2-11-21-19(23)16-7-3-4-8-17(16)22-26(24,25)18-9-5-6-14-13-20-12-10-15(14)18/h2-10,12-13,22H,1,11H2,(H,21,23). The van der Waals surface area contributed by atoms with Gasteiger partial charge in [-0.25, -0.2) is 8.42 Å². The number of para-hydroxylation sites is 1. The summed E-state index contributed by atoms with van der Waals surface area (Å²) in [7, 11) is -3.89. The third kappa shape index (κ3) is 3.57. The number of carbonyl (C=O) groups is 1. The highest BCUT2D eigenvalue weighted by molar-refractivity contribution is 7.93. The smallest absolute Gasteiger partial charge is 0.262 e. The van der Waals surface area contributed by atoms with Gasteiger partial charge in [0.1, 0.15) is 0 Å². The Labute approximate surface area is 151 Å². The molecule has 0 unspecified atom stereocenters. The summed E-state index contributed by atoms with van der Waals surface area (Å²) in [5.41, 5.74) is 0.444. The van der Waals surface area contributed by atoms with Crippen LogP contribution in [0.1, 0.15) is 10.4 Å². The number of fused-ring (bicyclic) bond motifs is 1. The van der Waals surface area contributed by atoms with Crippen molar-refractivity contribution < 1.29 is 13.2 Å². The first-order valence-corrected chi connectivity index (χ1v) is 9.35. The molecule has 2 aromatic carbocycles. The van der Waals surface area contributed by atoms with Gasteiger partial charge in [0.2, 0.25) is 0 Å². The van der Waals surface area contributed by atoms with Gasteiger partial charge in [-0.05, 0) is 24.3 Å². The van der Waals surface area contributed by atoms with E-state index in [1.54, 1.807) is 54.7 Å². The van der Waals surface area contributed by atoms with Crippen LogP contribution in [0.5, 0.6) is 0 Å². The average Bonchev–Trinajstić information content (AvgIpc) is 2.65. The molecule has 0 spiro atoms. The van der Waals surface area contributed by atoms with Crippen molar-refractivity contribution in [2.75, 3.05) is 11.3 Å². The van der Waals surface area contributed by atoms with Crippen molar-refractivity contribution in [2.45, 2.75) is 4.90 Å². The highest BCUT2D eigenvalue weighted by Crippen LogP contribution is 2.25. The summed E-state index contributed by atoms with van der Waals surface area (Å²) in [6.07, 6.45) is 4.69. The second-order valence-corrected chi connectivity index (χ2v) is 7.15. The van der Waals surface area contributed by atoms with E-state index in [1.165, 1.54) is 12.3 Å². The summed E-state index contributed by atoms with van der Waals surface area (Å²) < 4.78 is 28.4. The van der Waals surface area contributed by atoms with E-state index in [2.05, 4.69) is 21.6 Å². The molecule has 2 N–H and O–H groups in total. The number of rotatable bonds is 6. The number of hydrogen-bond acceptors (Lipinski definition) is 4. The predicted molar refractivity (Wildman–Crippen MR) is 102 cm³/mol. The lowest BCUT2D eigenvalue weighted by Gasteiger charge is -2.13. The van der Waals surface area contributed by atoms with Gasteiger partial charge in [0.15, 0.2) is 0 Å². The fourth-order valence-corrected chi connectivity index (χ4v) is 3.87. The number of aromatic nitrogens is 1. The highest BCUT2D eigenvalue weighted by atomic mass is 32.2. The third-order valence-electron chi connectivity index (χ3n) is 3.75. The number of nitrogens with one attached hydrogen (secondary N) is 2. The molecule has 0 aliphatic rings. The third-order valence-corrected chi connectivity index (χ3v) is 5.18. The minimum absolute atomic E-state index is 0.124. The molecular formula is C19H17N3O3S. The van der Waals surface area contributed by atoms with Crippen molar-refractivity contribution in [1.82, 2.24) is 10.3 Å². The number of anilines is 1. The van der Waals surface area contributed by atoms with E-state index in [1.807, 2.05) is 0 Å². The van der Waals surface area contributed by atoms with Crippen molar-refractivity contribution in [3.63, 3.8) is 0 Å². The Morgan fingerprint density at radius 1 is 1.12 bits per heavy atom. The normalized spacial score (nSPS) is 11.1. The molecular weight excluding hydrogens is 350 g/mol. The first-order valence-electron chi connectivity index (χ1n) is 7.86. The predicted octanol–water partition coefficient (Wildman–Crippen LogP) is 2.95. The van der Waals surface area contributed by atoms with E-state index in [9.17, 15) is 13.2 Å². The monoisotopic (exact) mass is 367 g/mol. The highest BCUT2D eigenvalue weighted by Gasteiger charge is 2.20. The topological polar surface area (TPSA) is 88.2 Å². The number of sulfonamides is 1. The van der Waals surface area contributed by atoms with Gasteiger partial charge in [0, 0.05) is 29.7 Å². The van der Waals surface area contributed by atoms with Crippen LogP contribution in [0.4, 0.5) is 5.69 Å². The largest absolute Gasteiger partial charge is 0.349 e. The molecule has 132 valence electrons. The van der Waals surface area contributed by atoms with Gasteiger partial charge in [0.05, 0.1) is 16.1 Å². The van der Waals surface area contributed by atoms with Crippen molar-refractivity contribution in [1.29, 1.82) is 0 Å². The number of hydrogen-bond donors (Lipinski definition) is 2. The van der Waals surface area contributed by atoms with E-state index in [-0.39, 0.29) is 28.6 Å². The van der Waals surface area contributed by atoms with Crippen LogP contribution in [0.15, 0.2) is 78.5 Å². The zero-order valence-corrected chi connectivity index (χ0v) is 14.7. The summed E-state index contributed by atoms with van der Waals surface area (Å²) >= 11 is 0. The SMILES string of the molecule is C=CCNC(=O)c1ccccc1NS(=O)(=O)c1cccc2cnccc12. The number of benzene rings is 2. The van der Waals surface area contributed by atoms with Crippen LogP contribution in [0.25, 0.3) is 10.8 Å². The lowest BCUT2D eigenvalue weighted by Crippen LogP contribution is -2.25. The zero-order chi connectivity index (χ0) is 18.6. The summed E-state index contributed by atoms with van der Waals surface area (Å²) in [5, 5.41) is 3.92. The van der Waals surface area contributed by atoms with Crippen LogP contribution < -0.4 is 10.0 Å². The van der Waals surface area contributed by atoms with Crippen LogP contribution in [0.3, 0.4) is 0 Å². The first-order chi connectivity index (χ1) is 12.5. The van der Waals surface area contributed by atoms with Crippen molar-refractivity contribution in [3.8, 4) is 0 Å². The lowest BCUT2D eigenvalue weighted by molar-refractivity contribution is 0.0959. The molecule has 0 radical (unpaired) electrons. The van der Waals surface area contributed by atoms with Gasteiger partial charge >= 0.3 is 0 Å². The Morgan fingerprint density at radius 2 is 1.92 bits per heavy atom. The maximum Gasteiger partial charge on any atom is 0.262 e. The summed E-state index contributed by atoms with van der Waals surface area (Å²) in [4.78, 5) is 16.4. The Balaban J connectivity index is 2.00. The molecule has 0 saturated heterocycles. The molecule has 3 aromatic rings. The Hall–Kier alpha value is -3.19. The fraction of sp³-hybridized carbons (Fsp3) is 0.0526. The molecule has 1 aromatic heterocycles. The molecule has 0 aliphatic heterocycles. The Morgan fingerprint density at radius 3 is 2.73 bits per heavy atom. The molecule has 1 amide bonds. The minimum Gasteiger partial charge on any atom is -0.349 e. The average molecular weight is 367 g/mol. The van der Waals surface area contributed by atoms with Crippen LogP contribution in [-0.4, -0.2) is 25.9 Å². The van der Waals surface area contributed by atoms with Gasteiger partial charge in [0.25, 0.3) is 15.9 Å². The quantitative estimate of drug-likeness (QED) is 0.656. The van der Waals surface area contributed by atoms with E-state index in [4.69, 9.17) is 0 Å². The maximum atomic E-state index is 12.9. The first kappa shape index (κ1) is 17.6. The van der Waals surface area contributed by atoms with Crippen LogP contribution in [0.2, 0.25) is 0 Å². The number of pyridine rings is 1. The molecule has 1 heterocycles. The second kappa shape index (κ2) is 7.37. The zero-order valence-electron chi connectivity index (χ0n) is 13.8. The molecule has 3 rings (SSSR count). The molecule has 6 nitrogen and oxygen atoms in total. The number of amides is 1. The van der Waals surface area contributed by atoms with Crippen LogP contribution in [-0.2, 0) is 10.0 Å². The van der Waals surface area contributed by atoms with Crippen molar-refractivity contribution in [2.24, 2.45) is 0 Å². The molecule has 26 heavy (non-hydrogen) atoms. The Bertz CT molecular complexity index is 1070. The van der Waals surface area contributed by atoms with E-state index in [0.717, 1.165) is 0 Å². The van der Waals surface area contributed by atoms with Gasteiger partial charge in [-0.15, -0.1) is 6.58 Å². The minimum atomic E-state index is -3.89. The van der Waals surface area contributed by atoms with Gasteiger partial charge in [-0.3, -0.25) is 14.5 Å². The van der Waals surface area contributed by atoms with Crippen LogP contribution >= 0.6 is 0 Å².